The van der Waals surface area contributed by atoms with Crippen molar-refractivity contribution in [1.29, 1.82) is 0 Å². The van der Waals surface area contributed by atoms with E-state index in [0.29, 0.717) is 0 Å². The molecule has 0 saturated carbocycles. The molecule has 0 aromatic heterocycles. The zero-order valence-corrected chi connectivity index (χ0v) is 8.70. The van der Waals surface area contributed by atoms with E-state index in [1.807, 2.05) is 50.3 Å². The van der Waals surface area contributed by atoms with E-state index in [-0.39, 0.29) is 6.10 Å². The van der Waals surface area contributed by atoms with Crippen molar-refractivity contribution in [1.82, 2.24) is 0 Å². The van der Waals surface area contributed by atoms with Gasteiger partial charge in [-0.3, -0.25) is 0 Å². The number of aliphatic hydroxyl groups is 1. The summed E-state index contributed by atoms with van der Waals surface area (Å²) in [6, 6.07) is 9.98. The molecule has 1 rings (SSSR count). The quantitative estimate of drug-likeness (QED) is 0.723. The molecule has 74 valence electrons. The average Bonchev–Trinajstić information content (AvgIpc) is 2.26. The largest absolute Gasteiger partial charge is 0.388 e. The summed E-state index contributed by atoms with van der Waals surface area (Å²) in [5.74, 6) is 0. The third kappa shape index (κ3) is 3.21. The Balaban J connectivity index is 2.81. The highest BCUT2D eigenvalue weighted by Gasteiger charge is 2.00. The first-order valence-electron chi connectivity index (χ1n) is 4.90. The van der Waals surface area contributed by atoms with Gasteiger partial charge in [0.2, 0.25) is 0 Å². The molecular weight excluding hydrogens is 172 g/mol. The molecule has 1 N–H and O–H groups in total. The third-order valence-electron chi connectivity index (χ3n) is 2.15. The molecule has 1 atom stereocenters. The van der Waals surface area contributed by atoms with Gasteiger partial charge in [0.25, 0.3) is 0 Å². The maximum atomic E-state index is 9.48. The summed E-state index contributed by atoms with van der Waals surface area (Å²) >= 11 is 0. The van der Waals surface area contributed by atoms with E-state index in [2.05, 4.69) is 5.73 Å². The summed E-state index contributed by atoms with van der Waals surface area (Å²) in [5.41, 5.74) is 5.08. The molecule has 0 heterocycles. The van der Waals surface area contributed by atoms with Crippen molar-refractivity contribution < 1.29 is 5.11 Å². The standard InChI is InChI=1S/C13H16O/c1-3-13(14)11(2)9-10-12-7-5-4-6-8-12/h4-8,10,13-14H,3H2,1-2H3. The molecule has 0 aliphatic rings. The molecule has 1 unspecified atom stereocenters. The van der Waals surface area contributed by atoms with Crippen molar-refractivity contribution >= 4 is 6.08 Å². The van der Waals surface area contributed by atoms with Gasteiger partial charge < -0.3 is 5.11 Å². The van der Waals surface area contributed by atoms with Crippen LogP contribution in [0.2, 0.25) is 0 Å². The van der Waals surface area contributed by atoms with Crippen LogP contribution in [0.4, 0.5) is 0 Å². The predicted octanol–water partition coefficient (Wildman–Crippen LogP) is 3.02. The molecule has 0 fully saturated rings. The van der Waals surface area contributed by atoms with Crippen molar-refractivity contribution in [2.45, 2.75) is 26.4 Å². The highest BCUT2D eigenvalue weighted by molar-refractivity contribution is 5.48. The number of aliphatic hydroxyl groups excluding tert-OH is 1. The van der Waals surface area contributed by atoms with Crippen LogP contribution in [0, 0.1) is 0 Å². The summed E-state index contributed by atoms with van der Waals surface area (Å²) in [6.07, 6.45) is 2.27. The van der Waals surface area contributed by atoms with Gasteiger partial charge in [-0.05, 0) is 30.6 Å². The Morgan fingerprint density at radius 1 is 1.43 bits per heavy atom. The summed E-state index contributed by atoms with van der Waals surface area (Å²) in [5, 5.41) is 9.48. The van der Waals surface area contributed by atoms with E-state index in [4.69, 9.17) is 0 Å². The van der Waals surface area contributed by atoms with Crippen LogP contribution in [0.3, 0.4) is 0 Å². The van der Waals surface area contributed by atoms with E-state index < -0.39 is 0 Å². The van der Waals surface area contributed by atoms with E-state index in [9.17, 15) is 5.11 Å². The van der Waals surface area contributed by atoms with Crippen LogP contribution < -0.4 is 0 Å². The zero-order valence-electron chi connectivity index (χ0n) is 8.70. The molecule has 14 heavy (non-hydrogen) atoms. The van der Waals surface area contributed by atoms with Crippen molar-refractivity contribution in [3.8, 4) is 0 Å². The van der Waals surface area contributed by atoms with E-state index in [1.54, 1.807) is 0 Å². The normalized spacial score (nSPS) is 11.6. The second-order valence-electron chi connectivity index (χ2n) is 3.31. The minimum atomic E-state index is -0.366. The molecular formula is C13H16O. The molecule has 1 aromatic rings. The average molecular weight is 188 g/mol. The second-order valence-corrected chi connectivity index (χ2v) is 3.31. The van der Waals surface area contributed by atoms with E-state index >= 15 is 0 Å². The molecule has 1 aromatic carbocycles. The van der Waals surface area contributed by atoms with Crippen molar-refractivity contribution in [3.63, 3.8) is 0 Å². The summed E-state index contributed by atoms with van der Waals surface area (Å²) in [4.78, 5) is 0. The molecule has 0 radical (unpaired) electrons. The van der Waals surface area contributed by atoms with E-state index in [0.717, 1.165) is 17.6 Å². The van der Waals surface area contributed by atoms with Crippen LogP contribution in [0.1, 0.15) is 25.8 Å². The van der Waals surface area contributed by atoms with Gasteiger partial charge in [0.05, 0.1) is 6.10 Å². The fraction of sp³-hybridized carbons (Fsp3) is 0.308. The Morgan fingerprint density at radius 3 is 2.64 bits per heavy atom. The topological polar surface area (TPSA) is 20.2 Å². The van der Waals surface area contributed by atoms with Gasteiger partial charge in [-0.2, -0.15) is 0 Å². The molecule has 1 heteroatoms. The van der Waals surface area contributed by atoms with Crippen LogP contribution in [0.15, 0.2) is 41.6 Å². The predicted molar refractivity (Wildman–Crippen MR) is 59.9 cm³/mol. The summed E-state index contributed by atoms with van der Waals surface area (Å²) < 4.78 is 0. The first-order chi connectivity index (χ1) is 6.74. The lowest BCUT2D eigenvalue weighted by Crippen LogP contribution is -2.04. The van der Waals surface area contributed by atoms with Gasteiger partial charge in [0.1, 0.15) is 0 Å². The van der Waals surface area contributed by atoms with Crippen LogP contribution in [-0.2, 0) is 0 Å². The minimum Gasteiger partial charge on any atom is -0.388 e. The van der Waals surface area contributed by atoms with Crippen LogP contribution >= 0.6 is 0 Å². The SMILES string of the molecule is CCC(O)C(C)=C=Cc1ccccc1. The minimum absolute atomic E-state index is 0.366. The lowest BCUT2D eigenvalue weighted by atomic mass is 10.1. The van der Waals surface area contributed by atoms with Crippen molar-refractivity contribution in [2.24, 2.45) is 0 Å². The highest BCUT2D eigenvalue weighted by atomic mass is 16.3. The number of rotatable bonds is 3. The van der Waals surface area contributed by atoms with Crippen LogP contribution in [0.25, 0.3) is 6.08 Å². The highest BCUT2D eigenvalue weighted by Crippen LogP contribution is 2.05. The molecule has 0 saturated heterocycles. The van der Waals surface area contributed by atoms with Crippen LogP contribution in [-0.4, -0.2) is 11.2 Å². The molecule has 0 amide bonds. The maximum absolute atomic E-state index is 9.48. The van der Waals surface area contributed by atoms with Gasteiger partial charge in [0, 0.05) is 0 Å². The molecule has 0 bridgehead atoms. The lowest BCUT2D eigenvalue weighted by Gasteiger charge is -2.03. The molecule has 0 aliphatic carbocycles. The number of hydrogen-bond acceptors (Lipinski definition) is 1. The monoisotopic (exact) mass is 188 g/mol. The van der Waals surface area contributed by atoms with E-state index in [1.165, 1.54) is 0 Å². The van der Waals surface area contributed by atoms with Gasteiger partial charge >= 0.3 is 0 Å². The molecule has 0 aliphatic heterocycles. The fourth-order valence-corrected chi connectivity index (χ4v) is 1.15. The Hall–Kier alpha value is -1.30. The molecule has 1 nitrogen and oxygen atoms in total. The smallest absolute Gasteiger partial charge is 0.0818 e. The Kier molecular flexibility index (Phi) is 4.18. The second kappa shape index (κ2) is 5.43. The molecule has 0 spiro atoms. The van der Waals surface area contributed by atoms with Crippen molar-refractivity contribution in [2.75, 3.05) is 0 Å². The maximum Gasteiger partial charge on any atom is 0.0818 e. The van der Waals surface area contributed by atoms with Gasteiger partial charge in [-0.25, -0.2) is 0 Å². The Labute approximate surface area is 85.4 Å². The summed E-state index contributed by atoms with van der Waals surface area (Å²) in [6.45, 7) is 3.85. The van der Waals surface area contributed by atoms with Crippen molar-refractivity contribution in [3.05, 3.63) is 47.2 Å². The fourth-order valence-electron chi connectivity index (χ4n) is 1.15. The first-order valence-corrected chi connectivity index (χ1v) is 4.90. The Bertz CT molecular complexity index is 332. The first kappa shape index (κ1) is 10.8. The number of hydrogen-bond donors (Lipinski definition) is 1. The summed E-state index contributed by atoms with van der Waals surface area (Å²) in [7, 11) is 0. The Morgan fingerprint density at radius 2 is 2.07 bits per heavy atom. The van der Waals surface area contributed by atoms with Gasteiger partial charge in [-0.1, -0.05) is 37.3 Å². The third-order valence-corrected chi connectivity index (χ3v) is 2.15. The number of benzene rings is 1. The zero-order chi connectivity index (χ0) is 10.4. The van der Waals surface area contributed by atoms with Gasteiger partial charge in [-0.15, -0.1) is 5.73 Å². The lowest BCUT2D eigenvalue weighted by molar-refractivity contribution is 0.207. The van der Waals surface area contributed by atoms with Gasteiger partial charge in [0.15, 0.2) is 0 Å². The van der Waals surface area contributed by atoms with Crippen LogP contribution in [0.5, 0.6) is 0 Å².